The lowest BCUT2D eigenvalue weighted by atomic mass is 10.3. The lowest BCUT2D eigenvalue weighted by Crippen LogP contribution is -2.47. The Hall–Kier alpha value is -2.38. The molecule has 0 saturated carbocycles. The van der Waals surface area contributed by atoms with E-state index in [1.165, 1.54) is 0 Å². The van der Waals surface area contributed by atoms with E-state index < -0.39 is 6.10 Å². The Labute approximate surface area is 134 Å². The molecule has 1 aliphatic rings. The summed E-state index contributed by atoms with van der Waals surface area (Å²) in [4.78, 5) is 12.0. The van der Waals surface area contributed by atoms with Gasteiger partial charge in [-0.15, -0.1) is 0 Å². The van der Waals surface area contributed by atoms with Gasteiger partial charge in [-0.3, -0.25) is 4.79 Å². The molecule has 0 radical (unpaired) electrons. The van der Waals surface area contributed by atoms with Crippen molar-refractivity contribution in [2.75, 3.05) is 26.8 Å². The smallest absolute Gasteiger partial charge is 0.250 e. The quantitative estimate of drug-likeness (QED) is 0.839. The van der Waals surface area contributed by atoms with E-state index in [1.54, 1.807) is 11.8 Å². The minimum Gasteiger partial charge on any atom is -0.497 e. The molecule has 0 aliphatic carbocycles. The van der Waals surface area contributed by atoms with Crippen LogP contribution in [0.1, 0.15) is 5.69 Å². The lowest BCUT2D eigenvalue weighted by Gasteiger charge is -2.22. The Morgan fingerprint density at radius 2 is 2.26 bits per heavy atom. The number of ether oxygens (including phenoxy) is 2. The molecule has 1 atom stereocenters. The third kappa shape index (κ3) is 3.88. The van der Waals surface area contributed by atoms with E-state index in [-0.39, 0.29) is 5.91 Å². The van der Waals surface area contributed by atoms with Gasteiger partial charge < -0.3 is 20.1 Å². The lowest BCUT2D eigenvalue weighted by molar-refractivity contribution is -0.134. The van der Waals surface area contributed by atoms with E-state index in [1.807, 2.05) is 36.5 Å². The Morgan fingerprint density at radius 3 is 2.96 bits per heavy atom. The number of amides is 1. The molecule has 0 bridgehead atoms. The Morgan fingerprint density at radius 1 is 1.43 bits per heavy atom. The van der Waals surface area contributed by atoms with E-state index in [9.17, 15) is 4.79 Å². The molecule has 1 aliphatic heterocycles. The highest BCUT2D eigenvalue weighted by atomic mass is 16.5. The minimum absolute atomic E-state index is 0.115. The van der Waals surface area contributed by atoms with Gasteiger partial charge in [0.25, 0.3) is 5.91 Å². The molecule has 1 aromatic heterocycles. The molecular weight excluding hydrogens is 296 g/mol. The van der Waals surface area contributed by atoms with Crippen LogP contribution in [0.4, 0.5) is 0 Å². The number of morpholine rings is 1. The van der Waals surface area contributed by atoms with Crippen LogP contribution >= 0.6 is 0 Å². The fraction of sp³-hybridized carbons (Fsp3) is 0.375. The summed E-state index contributed by atoms with van der Waals surface area (Å²) in [6.07, 6.45) is 1.44. The Bertz CT molecular complexity index is 648. The molecule has 1 aromatic carbocycles. The van der Waals surface area contributed by atoms with Crippen LogP contribution in [-0.2, 0) is 16.1 Å². The van der Waals surface area contributed by atoms with E-state index in [4.69, 9.17) is 9.47 Å². The second-order valence-corrected chi connectivity index (χ2v) is 5.23. The average Bonchev–Trinajstić information content (AvgIpc) is 3.09. The third-order valence-electron chi connectivity index (χ3n) is 3.65. The van der Waals surface area contributed by atoms with E-state index in [0.29, 0.717) is 19.7 Å². The van der Waals surface area contributed by atoms with Crippen molar-refractivity contribution in [3.8, 4) is 11.4 Å². The summed E-state index contributed by atoms with van der Waals surface area (Å²) in [5, 5.41) is 10.4. The van der Waals surface area contributed by atoms with Crippen molar-refractivity contribution in [1.29, 1.82) is 0 Å². The first-order valence-electron chi connectivity index (χ1n) is 7.55. The summed E-state index contributed by atoms with van der Waals surface area (Å²) in [7, 11) is 1.63. The molecule has 1 fully saturated rings. The van der Waals surface area contributed by atoms with Gasteiger partial charge in [0.05, 0.1) is 31.6 Å². The van der Waals surface area contributed by atoms with Gasteiger partial charge in [-0.1, -0.05) is 0 Å². The standard InChI is InChI=1S/C16H20N4O3/c1-22-14-4-2-13(3-5-14)20-8-6-12(19-20)10-18-16(21)15-11-17-7-9-23-15/h2-6,8,15,17H,7,9-11H2,1H3,(H,18,21). The predicted octanol–water partition coefficient (Wildman–Crippen LogP) is 0.485. The average molecular weight is 316 g/mol. The number of methoxy groups -OCH3 is 1. The second kappa shape index (κ2) is 7.26. The number of nitrogens with one attached hydrogen (secondary N) is 2. The van der Waals surface area contributed by atoms with Crippen molar-refractivity contribution < 1.29 is 14.3 Å². The van der Waals surface area contributed by atoms with Crippen LogP contribution in [0.15, 0.2) is 36.5 Å². The van der Waals surface area contributed by atoms with Gasteiger partial charge in [-0.2, -0.15) is 5.10 Å². The van der Waals surface area contributed by atoms with E-state index in [0.717, 1.165) is 23.7 Å². The zero-order valence-electron chi connectivity index (χ0n) is 13.0. The van der Waals surface area contributed by atoms with Gasteiger partial charge >= 0.3 is 0 Å². The highest BCUT2D eigenvalue weighted by molar-refractivity contribution is 5.81. The monoisotopic (exact) mass is 316 g/mol. The van der Waals surface area contributed by atoms with Crippen molar-refractivity contribution in [2.24, 2.45) is 0 Å². The summed E-state index contributed by atoms with van der Waals surface area (Å²) in [6, 6.07) is 9.49. The van der Waals surface area contributed by atoms with Crippen molar-refractivity contribution >= 4 is 5.91 Å². The SMILES string of the molecule is COc1ccc(-n2ccc(CNC(=O)C3CNCCO3)n2)cc1. The first-order valence-corrected chi connectivity index (χ1v) is 7.55. The number of rotatable bonds is 5. The molecular formula is C16H20N4O3. The van der Waals surface area contributed by atoms with Crippen LogP contribution in [-0.4, -0.2) is 48.6 Å². The molecule has 7 heteroatoms. The van der Waals surface area contributed by atoms with Crippen LogP contribution in [0.3, 0.4) is 0 Å². The minimum atomic E-state index is -0.424. The molecule has 122 valence electrons. The number of hydrogen-bond acceptors (Lipinski definition) is 5. The van der Waals surface area contributed by atoms with E-state index >= 15 is 0 Å². The maximum Gasteiger partial charge on any atom is 0.250 e. The zero-order chi connectivity index (χ0) is 16.1. The molecule has 1 amide bonds. The first kappa shape index (κ1) is 15.5. The summed E-state index contributed by atoms with van der Waals surface area (Å²) in [5.41, 5.74) is 1.72. The third-order valence-corrected chi connectivity index (χ3v) is 3.65. The topological polar surface area (TPSA) is 77.4 Å². The molecule has 0 spiro atoms. The molecule has 3 rings (SSSR count). The van der Waals surface area contributed by atoms with Gasteiger partial charge in [0.15, 0.2) is 0 Å². The molecule has 1 unspecified atom stereocenters. The van der Waals surface area contributed by atoms with Gasteiger partial charge in [0, 0.05) is 19.3 Å². The summed E-state index contributed by atoms with van der Waals surface area (Å²) in [5.74, 6) is 0.686. The zero-order valence-corrected chi connectivity index (χ0v) is 13.0. The number of hydrogen-bond donors (Lipinski definition) is 2. The van der Waals surface area contributed by atoms with Crippen molar-refractivity contribution in [1.82, 2.24) is 20.4 Å². The number of carbonyl (C=O) groups excluding carboxylic acids is 1. The first-order chi connectivity index (χ1) is 11.3. The van der Waals surface area contributed by atoms with Crippen LogP contribution in [0.2, 0.25) is 0 Å². The summed E-state index contributed by atoms with van der Waals surface area (Å²) >= 11 is 0. The van der Waals surface area contributed by atoms with E-state index in [2.05, 4.69) is 15.7 Å². The maximum atomic E-state index is 12.0. The van der Waals surface area contributed by atoms with Crippen LogP contribution in [0, 0.1) is 0 Å². The van der Waals surface area contributed by atoms with Crippen LogP contribution in [0.25, 0.3) is 5.69 Å². The Kier molecular flexibility index (Phi) is 4.89. The highest BCUT2D eigenvalue weighted by Crippen LogP contribution is 2.14. The normalized spacial score (nSPS) is 17.7. The number of benzene rings is 1. The predicted molar refractivity (Wildman–Crippen MR) is 84.6 cm³/mol. The summed E-state index contributed by atoms with van der Waals surface area (Å²) < 4.78 is 12.3. The molecule has 1 saturated heterocycles. The fourth-order valence-corrected chi connectivity index (χ4v) is 2.36. The second-order valence-electron chi connectivity index (χ2n) is 5.23. The van der Waals surface area contributed by atoms with Crippen LogP contribution < -0.4 is 15.4 Å². The fourth-order valence-electron chi connectivity index (χ4n) is 2.36. The highest BCUT2D eigenvalue weighted by Gasteiger charge is 2.21. The molecule has 7 nitrogen and oxygen atoms in total. The number of nitrogens with zero attached hydrogens (tertiary/aromatic N) is 2. The Balaban J connectivity index is 1.57. The molecule has 2 aromatic rings. The molecule has 2 heterocycles. The van der Waals surface area contributed by atoms with Gasteiger partial charge in [-0.25, -0.2) is 4.68 Å². The molecule has 23 heavy (non-hydrogen) atoms. The van der Waals surface area contributed by atoms with Crippen LogP contribution in [0.5, 0.6) is 5.75 Å². The van der Waals surface area contributed by atoms with Crippen molar-refractivity contribution in [2.45, 2.75) is 12.6 Å². The van der Waals surface area contributed by atoms with Crippen molar-refractivity contribution in [3.05, 3.63) is 42.2 Å². The maximum absolute atomic E-state index is 12.0. The largest absolute Gasteiger partial charge is 0.497 e. The van der Waals surface area contributed by atoms with Gasteiger partial charge in [0.1, 0.15) is 11.9 Å². The van der Waals surface area contributed by atoms with Gasteiger partial charge in [0.2, 0.25) is 0 Å². The van der Waals surface area contributed by atoms with Crippen molar-refractivity contribution in [3.63, 3.8) is 0 Å². The van der Waals surface area contributed by atoms with Gasteiger partial charge in [-0.05, 0) is 30.3 Å². The number of aromatic nitrogens is 2. The summed E-state index contributed by atoms with van der Waals surface area (Å²) in [6.45, 7) is 2.27. The number of carbonyl (C=O) groups is 1. The molecule has 2 N–H and O–H groups in total.